The molecule has 5 rings (SSSR count). The van der Waals surface area contributed by atoms with Crippen LogP contribution in [0.25, 0.3) is 22.6 Å². The minimum absolute atomic E-state index is 0.0566. The van der Waals surface area contributed by atoms with Crippen molar-refractivity contribution < 1.29 is 23.1 Å². The van der Waals surface area contributed by atoms with Crippen LogP contribution in [0.1, 0.15) is 47.1 Å². The lowest BCUT2D eigenvalue weighted by atomic mass is 10.1. The number of imidazole rings is 1. The molecule has 186 valence electrons. The van der Waals surface area contributed by atoms with Crippen molar-refractivity contribution >= 4 is 23.0 Å². The number of carboxylic acid groups (broad SMARTS) is 1. The Bertz CT molecular complexity index is 1440. The van der Waals surface area contributed by atoms with Crippen LogP contribution < -0.4 is 5.32 Å². The second-order valence-corrected chi connectivity index (χ2v) is 9.17. The molecular weight excluding hydrogens is 471 g/mol. The number of aromatic carboxylic acids is 1. The van der Waals surface area contributed by atoms with E-state index in [1.165, 1.54) is 12.1 Å². The monoisotopic (exact) mass is 495 g/mol. The lowest BCUT2D eigenvalue weighted by molar-refractivity contribution is -0.137. The van der Waals surface area contributed by atoms with Crippen molar-refractivity contribution in [1.82, 2.24) is 19.5 Å². The van der Waals surface area contributed by atoms with Crippen LogP contribution in [0.15, 0.2) is 48.5 Å². The van der Waals surface area contributed by atoms with Gasteiger partial charge in [0.1, 0.15) is 11.3 Å². The molecule has 0 bridgehead atoms. The average molecular weight is 496 g/mol. The highest BCUT2D eigenvalue weighted by Gasteiger charge is 2.31. The van der Waals surface area contributed by atoms with Gasteiger partial charge in [-0.1, -0.05) is 36.4 Å². The molecule has 4 aromatic rings. The molecule has 1 saturated carbocycles. The van der Waals surface area contributed by atoms with Crippen molar-refractivity contribution in [2.24, 2.45) is 5.92 Å². The number of carbonyl (C=O) groups is 1. The Morgan fingerprint density at radius 3 is 2.42 bits per heavy atom. The predicted octanol–water partition coefficient (Wildman–Crippen LogP) is 5.78. The summed E-state index contributed by atoms with van der Waals surface area (Å²) < 4.78 is 41.1. The second kappa shape index (κ2) is 8.92. The maximum atomic E-state index is 13.1. The Balaban J connectivity index is 1.70. The number of alkyl halides is 3. The Hall–Kier alpha value is -3.95. The van der Waals surface area contributed by atoms with Gasteiger partial charge in [0.05, 0.1) is 5.56 Å². The number of nitrogens with one attached hydrogen (secondary N) is 1. The van der Waals surface area contributed by atoms with Crippen LogP contribution in [0, 0.1) is 12.8 Å². The van der Waals surface area contributed by atoms with Crippen LogP contribution in [0.3, 0.4) is 0 Å². The van der Waals surface area contributed by atoms with Gasteiger partial charge in [-0.25, -0.2) is 19.7 Å². The van der Waals surface area contributed by atoms with Gasteiger partial charge in [0.2, 0.25) is 5.82 Å². The van der Waals surface area contributed by atoms with E-state index in [9.17, 15) is 23.1 Å². The number of benzene rings is 2. The van der Waals surface area contributed by atoms with Crippen LogP contribution in [0.2, 0.25) is 0 Å². The molecule has 7 nitrogen and oxygen atoms in total. The van der Waals surface area contributed by atoms with Crippen molar-refractivity contribution in [1.29, 1.82) is 0 Å². The molecule has 1 atom stereocenters. The third kappa shape index (κ3) is 4.62. The number of nitrogens with zero attached hydrogens (tertiary/aromatic N) is 4. The number of fused-ring (bicyclic) bond motifs is 1. The second-order valence-electron chi connectivity index (χ2n) is 9.17. The van der Waals surface area contributed by atoms with Gasteiger partial charge >= 0.3 is 12.1 Å². The van der Waals surface area contributed by atoms with Gasteiger partial charge in [0, 0.05) is 18.2 Å². The molecule has 2 aromatic carbocycles. The van der Waals surface area contributed by atoms with Crippen molar-refractivity contribution in [3.63, 3.8) is 0 Å². The zero-order valence-electron chi connectivity index (χ0n) is 19.7. The molecule has 10 heteroatoms. The van der Waals surface area contributed by atoms with Gasteiger partial charge in [-0.05, 0) is 55.9 Å². The van der Waals surface area contributed by atoms with E-state index in [1.54, 1.807) is 0 Å². The fraction of sp³-hybridized carbons (Fsp3) is 0.308. The summed E-state index contributed by atoms with van der Waals surface area (Å²) in [6, 6.07) is 12.6. The third-order valence-corrected chi connectivity index (χ3v) is 6.50. The number of carboxylic acids is 1. The number of aryl methyl sites for hydroxylation is 1. The minimum Gasteiger partial charge on any atom is -0.475 e. The van der Waals surface area contributed by atoms with Crippen molar-refractivity contribution in [2.75, 3.05) is 5.32 Å². The van der Waals surface area contributed by atoms with Crippen molar-refractivity contribution in [3.8, 4) is 11.4 Å². The minimum atomic E-state index is -4.43. The molecular formula is C26H24F3N5O2. The largest absolute Gasteiger partial charge is 0.475 e. The van der Waals surface area contributed by atoms with Gasteiger partial charge in [0.15, 0.2) is 11.5 Å². The maximum absolute atomic E-state index is 13.1. The first-order chi connectivity index (χ1) is 17.1. The smallest absolute Gasteiger partial charge is 0.416 e. The van der Waals surface area contributed by atoms with Crippen LogP contribution >= 0.6 is 0 Å². The van der Waals surface area contributed by atoms with Gasteiger partial charge in [-0.15, -0.1) is 0 Å². The third-order valence-electron chi connectivity index (χ3n) is 6.50. The Kier molecular flexibility index (Phi) is 5.89. The zero-order valence-corrected chi connectivity index (χ0v) is 19.7. The molecule has 0 amide bonds. The number of anilines is 1. The summed E-state index contributed by atoms with van der Waals surface area (Å²) in [6.07, 6.45) is -2.27. The summed E-state index contributed by atoms with van der Waals surface area (Å²) in [7, 11) is 0. The molecule has 0 radical (unpaired) electrons. The highest BCUT2D eigenvalue weighted by molar-refractivity contribution is 5.92. The van der Waals surface area contributed by atoms with Crippen molar-refractivity contribution in [3.05, 3.63) is 71.0 Å². The first kappa shape index (κ1) is 23.8. The highest BCUT2D eigenvalue weighted by Crippen LogP contribution is 2.36. The molecule has 2 aromatic heterocycles. The van der Waals surface area contributed by atoms with E-state index in [-0.39, 0.29) is 24.1 Å². The van der Waals surface area contributed by atoms with E-state index >= 15 is 0 Å². The number of hydrogen-bond donors (Lipinski definition) is 2. The van der Waals surface area contributed by atoms with Gasteiger partial charge < -0.3 is 15.0 Å². The number of rotatable bonds is 7. The Labute approximate surface area is 205 Å². The van der Waals surface area contributed by atoms with E-state index in [0.717, 1.165) is 36.1 Å². The normalized spacial score (nSPS) is 14.7. The van der Waals surface area contributed by atoms with Crippen LogP contribution in [-0.4, -0.2) is 36.6 Å². The van der Waals surface area contributed by atoms with Crippen LogP contribution in [0.4, 0.5) is 19.0 Å². The molecule has 0 saturated heterocycles. The summed E-state index contributed by atoms with van der Waals surface area (Å²) in [4.78, 5) is 25.0. The van der Waals surface area contributed by atoms with Crippen LogP contribution in [-0.2, 0) is 12.7 Å². The maximum Gasteiger partial charge on any atom is 0.416 e. The van der Waals surface area contributed by atoms with Gasteiger partial charge in [0.25, 0.3) is 0 Å². The molecule has 1 unspecified atom stereocenters. The molecule has 0 spiro atoms. The van der Waals surface area contributed by atoms with E-state index in [0.29, 0.717) is 28.6 Å². The SMILES string of the molecule is Cc1ccccc1-c1nc2nc(C(=O)O)nc(NC(C)C3CC3)c2n1Cc1ccc(C(F)(F)F)cc1. The summed E-state index contributed by atoms with van der Waals surface area (Å²) >= 11 is 0. The zero-order chi connectivity index (χ0) is 25.6. The number of hydrogen-bond acceptors (Lipinski definition) is 5. The summed E-state index contributed by atoms with van der Waals surface area (Å²) in [6.45, 7) is 4.14. The summed E-state index contributed by atoms with van der Waals surface area (Å²) in [5.74, 6) is -0.305. The first-order valence-corrected chi connectivity index (χ1v) is 11.6. The Morgan fingerprint density at radius 2 is 1.81 bits per heavy atom. The van der Waals surface area contributed by atoms with E-state index in [4.69, 9.17) is 4.98 Å². The molecule has 2 heterocycles. The number of halogens is 3. The molecule has 2 N–H and O–H groups in total. The highest BCUT2D eigenvalue weighted by atomic mass is 19.4. The standard InChI is InChI=1S/C26H24F3N5O2/c1-14-5-3-4-6-19(14)24-33-22-20(34(24)13-16-7-11-18(12-8-16)26(27,28)29)21(30-15(2)17-9-10-17)31-23(32-22)25(35)36/h3-8,11-12,15,17H,9-10,13H2,1-2H3,(H,35,36)(H,30,31,32). The topological polar surface area (TPSA) is 92.9 Å². The predicted molar refractivity (Wildman–Crippen MR) is 129 cm³/mol. The van der Waals surface area contributed by atoms with Crippen LogP contribution in [0.5, 0.6) is 0 Å². The molecule has 1 aliphatic carbocycles. The lowest BCUT2D eigenvalue weighted by Gasteiger charge is -2.17. The van der Waals surface area contributed by atoms with E-state index in [1.807, 2.05) is 42.7 Å². The summed E-state index contributed by atoms with van der Waals surface area (Å²) in [5, 5.41) is 13.0. The fourth-order valence-corrected chi connectivity index (χ4v) is 4.33. The van der Waals surface area contributed by atoms with E-state index in [2.05, 4.69) is 15.3 Å². The molecule has 0 aliphatic heterocycles. The van der Waals surface area contributed by atoms with Crippen molar-refractivity contribution in [2.45, 2.75) is 45.5 Å². The summed E-state index contributed by atoms with van der Waals surface area (Å²) in [5.41, 5.74) is 2.36. The first-order valence-electron chi connectivity index (χ1n) is 11.6. The Morgan fingerprint density at radius 1 is 1.11 bits per heavy atom. The molecule has 1 fully saturated rings. The number of aromatic nitrogens is 4. The van der Waals surface area contributed by atoms with E-state index < -0.39 is 17.7 Å². The lowest BCUT2D eigenvalue weighted by Crippen LogP contribution is -2.20. The fourth-order valence-electron chi connectivity index (χ4n) is 4.33. The molecule has 36 heavy (non-hydrogen) atoms. The van der Waals surface area contributed by atoms with Gasteiger partial charge in [-0.3, -0.25) is 0 Å². The molecule has 1 aliphatic rings. The van der Waals surface area contributed by atoms with Gasteiger partial charge in [-0.2, -0.15) is 13.2 Å². The quantitative estimate of drug-likeness (QED) is 0.338. The average Bonchev–Trinajstić information content (AvgIpc) is 3.62.